The van der Waals surface area contributed by atoms with E-state index in [0.717, 1.165) is 5.69 Å². The van der Waals surface area contributed by atoms with Crippen molar-refractivity contribution in [1.82, 2.24) is 14.8 Å². The number of aromatic nitrogens is 1. The van der Waals surface area contributed by atoms with Crippen LogP contribution in [0.2, 0.25) is 0 Å². The van der Waals surface area contributed by atoms with Crippen LogP contribution in [0.5, 0.6) is 0 Å². The third-order valence-electron chi connectivity index (χ3n) is 5.10. The minimum Gasteiger partial charge on any atom is -0.383 e. The minimum atomic E-state index is -2.65. The monoisotopic (exact) mass is 353 g/mol. The Labute approximate surface area is 147 Å². The van der Waals surface area contributed by atoms with Crippen molar-refractivity contribution < 1.29 is 18.3 Å². The number of halogens is 2. The van der Waals surface area contributed by atoms with Crippen molar-refractivity contribution in [2.75, 3.05) is 33.4 Å². The number of likely N-dealkylation sites (tertiary alicyclic amines) is 2. The van der Waals surface area contributed by atoms with Crippen LogP contribution in [0, 0.1) is 6.92 Å². The predicted molar refractivity (Wildman–Crippen MR) is 89.8 cm³/mol. The summed E-state index contributed by atoms with van der Waals surface area (Å²) in [5.74, 6) is -2.73. The molecule has 1 aromatic heterocycles. The predicted octanol–water partition coefficient (Wildman–Crippen LogP) is 2.35. The summed E-state index contributed by atoms with van der Waals surface area (Å²) >= 11 is 0. The van der Waals surface area contributed by atoms with Gasteiger partial charge in [-0.25, -0.2) is 13.8 Å². The summed E-state index contributed by atoms with van der Waals surface area (Å²) in [5, 5.41) is 0. The second-order valence-corrected chi connectivity index (χ2v) is 7.03. The molecule has 0 bridgehead atoms. The molecule has 138 valence electrons. The second-order valence-electron chi connectivity index (χ2n) is 7.03. The number of nitrogens with zero attached hydrogens (tertiary/aromatic N) is 3. The number of amides is 1. The molecular formula is C18H25F2N3O2. The number of piperidine rings is 1. The van der Waals surface area contributed by atoms with Crippen LogP contribution in [0.25, 0.3) is 0 Å². The van der Waals surface area contributed by atoms with E-state index in [4.69, 9.17) is 4.74 Å². The average molecular weight is 353 g/mol. The van der Waals surface area contributed by atoms with Gasteiger partial charge in [0, 0.05) is 44.4 Å². The Balaban J connectivity index is 1.60. The van der Waals surface area contributed by atoms with Gasteiger partial charge in [0.1, 0.15) is 5.69 Å². The molecule has 2 fully saturated rings. The van der Waals surface area contributed by atoms with Gasteiger partial charge in [0.15, 0.2) is 0 Å². The van der Waals surface area contributed by atoms with Gasteiger partial charge in [-0.1, -0.05) is 6.07 Å². The molecule has 3 heterocycles. The van der Waals surface area contributed by atoms with Crippen molar-refractivity contribution in [3.05, 3.63) is 29.6 Å². The zero-order chi connectivity index (χ0) is 18.0. The fourth-order valence-electron chi connectivity index (χ4n) is 3.92. The van der Waals surface area contributed by atoms with E-state index in [2.05, 4.69) is 4.98 Å². The molecule has 0 N–H and O–H groups in total. The first kappa shape index (κ1) is 18.2. The summed E-state index contributed by atoms with van der Waals surface area (Å²) in [4.78, 5) is 20.5. The molecule has 0 aromatic carbocycles. The average Bonchev–Trinajstić information content (AvgIpc) is 2.89. The van der Waals surface area contributed by atoms with Crippen LogP contribution in [0.3, 0.4) is 0 Å². The first-order chi connectivity index (χ1) is 11.9. The van der Waals surface area contributed by atoms with Crippen molar-refractivity contribution in [2.45, 2.75) is 44.2 Å². The van der Waals surface area contributed by atoms with Gasteiger partial charge in [0.25, 0.3) is 11.8 Å². The highest BCUT2D eigenvalue weighted by atomic mass is 19.3. The zero-order valence-corrected chi connectivity index (χ0v) is 14.8. The molecule has 5 nitrogen and oxygen atoms in total. The summed E-state index contributed by atoms with van der Waals surface area (Å²) < 4.78 is 32.8. The highest BCUT2D eigenvalue weighted by Crippen LogP contribution is 2.35. The molecule has 0 radical (unpaired) electrons. The molecule has 0 saturated carbocycles. The number of ether oxygens (including phenoxy) is 1. The Morgan fingerprint density at radius 2 is 2.08 bits per heavy atom. The van der Waals surface area contributed by atoms with Gasteiger partial charge in [0.05, 0.1) is 13.2 Å². The van der Waals surface area contributed by atoms with Gasteiger partial charge >= 0.3 is 0 Å². The van der Waals surface area contributed by atoms with E-state index in [1.165, 1.54) is 0 Å². The molecule has 0 spiro atoms. The molecule has 2 aliphatic heterocycles. The smallest absolute Gasteiger partial charge is 0.272 e. The van der Waals surface area contributed by atoms with E-state index in [9.17, 15) is 13.6 Å². The topological polar surface area (TPSA) is 45.7 Å². The Kier molecular flexibility index (Phi) is 5.34. The van der Waals surface area contributed by atoms with E-state index < -0.39 is 5.92 Å². The SMILES string of the molecule is COC[C@@H]1CC(F)(F)CN1C1CCN(C(=O)c2cccc(C)n2)CC1. The Bertz CT molecular complexity index is 618. The minimum absolute atomic E-state index is 0.0723. The van der Waals surface area contributed by atoms with Crippen molar-refractivity contribution in [2.24, 2.45) is 0 Å². The normalized spacial score (nSPS) is 24.6. The Morgan fingerprint density at radius 3 is 2.72 bits per heavy atom. The van der Waals surface area contributed by atoms with E-state index in [1.807, 2.05) is 24.0 Å². The molecule has 0 aliphatic carbocycles. The third kappa shape index (κ3) is 4.15. The van der Waals surface area contributed by atoms with Crippen LogP contribution in [-0.2, 0) is 4.74 Å². The van der Waals surface area contributed by atoms with Gasteiger partial charge in [-0.15, -0.1) is 0 Å². The summed E-state index contributed by atoms with van der Waals surface area (Å²) in [7, 11) is 1.55. The second kappa shape index (κ2) is 7.33. The molecule has 1 aromatic rings. The van der Waals surface area contributed by atoms with Crippen molar-refractivity contribution >= 4 is 5.91 Å². The van der Waals surface area contributed by atoms with Crippen molar-refractivity contribution in [1.29, 1.82) is 0 Å². The number of methoxy groups -OCH3 is 1. The highest BCUT2D eigenvalue weighted by molar-refractivity contribution is 5.92. The first-order valence-corrected chi connectivity index (χ1v) is 8.75. The summed E-state index contributed by atoms with van der Waals surface area (Å²) in [5.41, 5.74) is 1.26. The maximum absolute atomic E-state index is 13.8. The van der Waals surface area contributed by atoms with E-state index >= 15 is 0 Å². The summed E-state index contributed by atoms with van der Waals surface area (Å²) in [6, 6.07) is 5.22. The number of carbonyl (C=O) groups excluding carboxylic acids is 1. The van der Waals surface area contributed by atoms with E-state index in [1.54, 1.807) is 18.1 Å². The van der Waals surface area contributed by atoms with Gasteiger partial charge in [0.2, 0.25) is 0 Å². The number of aryl methyl sites for hydroxylation is 1. The van der Waals surface area contributed by atoms with Crippen LogP contribution in [0.1, 0.15) is 35.4 Å². The highest BCUT2D eigenvalue weighted by Gasteiger charge is 2.47. The molecule has 3 rings (SSSR count). The quantitative estimate of drug-likeness (QED) is 0.834. The van der Waals surface area contributed by atoms with Gasteiger partial charge in [-0.05, 0) is 31.9 Å². The lowest BCUT2D eigenvalue weighted by atomic mass is 10.0. The Morgan fingerprint density at radius 1 is 1.36 bits per heavy atom. The maximum Gasteiger partial charge on any atom is 0.272 e. The number of hydrogen-bond acceptors (Lipinski definition) is 4. The van der Waals surface area contributed by atoms with Crippen LogP contribution in [0.4, 0.5) is 8.78 Å². The van der Waals surface area contributed by atoms with Gasteiger partial charge in [-0.3, -0.25) is 9.69 Å². The standard InChI is InChI=1S/C18H25F2N3O2/c1-13-4-3-5-16(21-13)17(24)22-8-6-14(7-9-22)23-12-18(19,20)10-15(23)11-25-2/h3-5,14-15H,6-12H2,1-2H3/t15-/m0/s1. The fraction of sp³-hybridized carbons (Fsp3) is 0.667. The number of alkyl halides is 2. The lowest BCUT2D eigenvalue weighted by Crippen LogP contribution is -2.49. The lowest BCUT2D eigenvalue weighted by Gasteiger charge is -2.38. The van der Waals surface area contributed by atoms with E-state index in [0.29, 0.717) is 38.2 Å². The lowest BCUT2D eigenvalue weighted by molar-refractivity contribution is 0.00283. The Hall–Kier alpha value is -1.60. The van der Waals surface area contributed by atoms with Crippen LogP contribution in [0.15, 0.2) is 18.2 Å². The number of pyridine rings is 1. The molecule has 0 unspecified atom stereocenters. The van der Waals surface area contributed by atoms with Crippen molar-refractivity contribution in [3.8, 4) is 0 Å². The first-order valence-electron chi connectivity index (χ1n) is 8.75. The maximum atomic E-state index is 13.8. The third-order valence-corrected chi connectivity index (χ3v) is 5.10. The van der Waals surface area contributed by atoms with Gasteiger partial charge in [-0.2, -0.15) is 0 Å². The molecule has 25 heavy (non-hydrogen) atoms. The van der Waals surface area contributed by atoms with Crippen LogP contribution < -0.4 is 0 Å². The number of hydrogen-bond donors (Lipinski definition) is 0. The molecule has 1 atom stereocenters. The molecule has 2 saturated heterocycles. The number of rotatable bonds is 4. The summed E-state index contributed by atoms with van der Waals surface area (Å²) in [6.07, 6.45) is 1.26. The van der Waals surface area contributed by atoms with Crippen LogP contribution >= 0.6 is 0 Å². The number of carbonyl (C=O) groups is 1. The summed E-state index contributed by atoms with van der Waals surface area (Å²) in [6.45, 7) is 3.11. The van der Waals surface area contributed by atoms with Gasteiger partial charge < -0.3 is 9.64 Å². The fourth-order valence-corrected chi connectivity index (χ4v) is 3.92. The van der Waals surface area contributed by atoms with Crippen LogP contribution in [-0.4, -0.2) is 72.0 Å². The molecular weight excluding hydrogens is 328 g/mol. The molecule has 7 heteroatoms. The largest absolute Gasteiger partial charge is 0.383 e. The zero-order valence-electron chi connectivity index (χ0n) is 14.8. The molecule has 1 amide bonds. The van der Waals surface area contributed by atoms with Crippen molar-refractivity contribution in [3.63, 3.8) is 0 Å². The van der Waals surface area contributed by atoms with E-state index in [-0.39, 0.29) is 31.0 Å². The molecule has 2 aliphatic rings.